The van der Waals surface area contributed by atoms with E-state index in [1.54, 1.807) is 4.90 Å². The summed E-state index contributed by atoms with van der Waals surface area (Å²) in [6.45, 7) is 7.29. The number of amides is 2. The van der Waals surface area contributed by atoms with Crippen molar-refractivity contribution in [3.63, 3.8) is 0 Å². The van der Waals surface area contributed by atoms with Crippen LogP contribution in [0, 0.1) is 5.41 Å². The van der Waals surface area contributed by atoms with Gasteiger partial charge in [-0.2, -0.15) is 0 Å². The van der Waals surface area contributed by atoms with Crippen LogP contribution in [0.2, 0.25) is 0 Å². The number of hydrogen-bond acceptors (Lipinski definition) is 3. The Balaban J connectivity index is 1.73. The fraction of sp³-hybridized carbons (Fsp3) is 0.529. The normalized spacial score (nSPS) is 23.1. The largest absolute Gasteiger partial charge is 0.444 e. The number of hydrogen-bond donors (Lipinski definition) is 1. The van der Waals surface area contributed by atoms with E-state index in [4.69, 9.17) is 4.74 Å². The van der Waals surface area contributed by atoms with E-state index in [2.05, 4.69) is 5.32 Å². The number of nitrogens with one attached hydrogen (secondary N) is 1. The molecule has 1 N–H and O–H groups in total. The van der Waals surface area contributed by atoms with Gasteiger partial charge in [0, 0.05) is 25.0 Å². The molecule has 5 nitrogen and oxygen atoms in total. The van der Waals surface area contributed by atoms with E-state index in [1.807, 2.05) is 51.1 Å². The van der Waals surface area contributed by atoms with Gasteiger partial charge in [0.05, 0.1) is 5.92 Å². The van der Waals surface area contributed by atoms with Crippen LogP contribution in [0.25, 0.3) is 0 Å². The number of nitrogens with zero attached hydrogens (tertiary/aromatic N) is 1. The molecule has 1 aromatic carbocycles. The molecule has 0 saturated carbocycles. The Kier molecular flexibility index (Phi) is 3.38. The summed E-state index contributed by atoms with van der Waals surface area (Å²) in [4.78, 5) is 26.0. The van der Waals surface area contributed by atoms with Crippen molar-refractivity contribution < 1.29 is 14.3 Å². The minimum absolute atomic E-state index is 0.0510. The lowest BCUT2D eigenvalue weighted by Crippen LogP contribution is -2.62. The fourth-order valence-electron chi connectivity index (χ4n) is 3.36. The second-order valence-electron chi connectivity index (χ2n) is 7.26. The summed E-state index contributed by atoms with van der Waals surface area (Å²) in [7, 11) is 0. The maximum Gasteiger partial charge on any atom is 0.410 e. The average Bonchev–Trinajstić information content (AvgIpc) is 2.73. The van der Waals surface area contributed by atoms with Crippen LogP contribution < -0.4 is 5.32 Å². The lowest BCUT2D eigenvalue weighted by atomic mass is 9.69. The summed E-state index contributed by atoms with van der Waals surface area (Å²) >= 11 is 0. The van der Waals surface area contributed by atoms with E-state index in [0.717, 1.165) is 5.56 Å². The zero-order valence-electron chi connectivity index (χ0n) is 13.3. The Bertz CT molecular complexity index is 586. The highest BCUT2D eigenvalue weighted by Crippen LogP contribution is 2.47. The minimum atomic E-state index is -0.498. The van der Waals surface area contributed by atoms with Gasteiger partial charge >= 0.3 is 6.09 Å². The molecular formula is C17H22N2O3. The molecule has 2 amide bonds. The van der Waals surface area contributed by atoms with Gasteiger partial charge in [-0.3, -0.25) is 4.79 Å². The Hall–Kier alpha value is -2.04. The molecule has 2 aliphatic rings. The molecule has 0 unspecified atom stereocenters. The summed E-state index contributed by atoms with van der Waals surface area (Å²) in [5, 5.41) is 2.95. The van der Waals surface area contributed by atoms with Gasteiger partial charge < -0.3 is 15.0 Å². The van der Waals surface area contributed by atoms with Gasteiger partial charge in [-0.05, 0) is 26.3 Å². The van der Waals surface area contributed by atoms with Crippen LogP contribution >= 0.6 is 0 Å². The van der Waals surface area contributed by atoms with Crippen molar-refractivity contribution in [1.82, 2.24) is 10.2 Å². The minimum Gasteiger partial charge on any atom is -0.444 e. The highest BCUT2D eigenvalue weighted by Gasteiger charge is 2.57. The number of benzene rings is 1. The molecule has 2 fully saturated rings. The Labute approximate surface area is 130 Å². The zero-order chi connectivity index (χ0) is 16.0. The van der Waals surface area contributed by atoms with Gasteiger partial charge in [-0.15, -0.1) is 0 Å². The summed E-state index contributed by atoms with van der Waals surface area (Å²) in [6, 6.07) is 9.79. The molecule has 2 saturated heterocycles. The van der Waals surface area contributed by atoms with Crippen LogP contribution in [0.1, 0.15) is 32.3 Å². The monoisotopic (exact) mass is 302 g/mol. The van der Waals surface area contributed by atoms with Gasteiger partial charge in [0.25, 0.3) is 0 Å². The summed E-state index contributed by atoms with van der Waals surface area (Å²) < 4.78 is 5.39. The third kappa shape index (κ3) is 2.56. The predicted octanol–water partition coefficient (Wildman–Crippen LogP) is 2.14. The molecule has 2 heterocycles. The van der Waals surface area contributed by atoms with Crippen molar-refractivity contribution in [3.8, 4) is 0 Å². The summed E-state index contributed by atoms with van der Waals surface area (Å²) in [5.41, 5.74) is 0.318. The van der Waals surface area contributed by atoms with Crippen molar-refractivity contribution >= 4 is 12.0 Å². The molecule has 1 atom stereocenters. The van der Waals surface area contributed by atoms with Crippen molar-refractivity contribution in [1.29, 1.82) is 0 Å². The molecule has 5 heteroatoms. The first-order valence-electron chi connectivity index (χ1n) is 7.61. The highest BCUT2D eigenvalue weighted by atomic mass is 16.6. The van der Waals surface area contributed by atoms with Crippen molar-refractivity contribution in [2.75, 3.05) is 19.6 Å². The van der Waals surface area contributed by atoms with Crippen molar-refractivity contribution in [3.05, 3.63) is 35.9 Å². The van der Waals surface area contributed by atoms with Gasteiger partial charge in [-0.1, -0.05) is 30.3 Å². The number of likely N-dealkylation sites (tertiary alicyclic amines) is 1. The second-order valence-corrected chi connectivity index (χ2v) is 7.26. The van der Waals surface area contributed by atoms with Crippen LogP contribution in [0.5, 0.6) is 0 Å². The molecule has 3 rings (SSSR count). The van der Waals surface area contributed by atoms with E-state index >= 15 is 0 Å². The maximum atomic E-state index is 12.2. The molecule has 1 aromatic rings. The first kappa shape index (κ1) is 14.9. The first-order chi connectivity index (χ1) is 10.3. The molecule has 22 heavy (non-hydrogen) atoms. The molecule has 118 valence electrons. The fourth-order valence-corrected chi connectivity index (χ4v) is 3.36. The van der Waals surface area contributed by atoms with E-state index in [9.17, 15) is 9.59 Å². The molecule has 1 spiro atoms. The molecule has 0 radical (unpaired) electrons. The molecule has 0 aliphatic carbocycles. The third-order valence-electron chi connectivity index (χ3n) is 4.29. The quantitative estimate of drug-likeness (QED) is 0.864. The SMILES string of the molecule is CC(C)(C)OC(=O)N1CC2(CNC(=O)[C@@H]2c2ccccc2)C1. The standard InChI is InChI=1S/C17H22N2O3/c1-16(2,3)22-15(21)19-10-17(11-19)9-18-14(20)13(17)12-7-5-4-6-8-12/h4-8,13H,9-11H2,1-3H3,(H,18,20)/t13-/m0/s1. The van der Waals surface area contributed by atoms with E-state index < -0.39 is 5.60 Å². The number of carbonyl (C=O) groups excluding carboxylic acids is 2. The van der Waals surface area contributed by atoms with Crippen molar-refractivity contribution in [2.45, 2.75) is 32.3 Å². The average molecular weight is 302 g/mol. The summed E-state index contributed by atoms with van der Waals surface area (Å²) in [5.74, 6) is -0.137. The Morgan fingerprint density at radius 3 is 2.50 bits per heavy atom. The molecular weight excluding hydrogens is 280 g/mol. The van der Waals surface area contributed by atoms with Crippen LogP contribution in [-0.4, -0.2) is 42.1 Å². The van der Waals surface area contributed by atoms with Gasteiger partial charge in [-0.25, -0.2) is 4.79 Å². The second kappa shape index (κ2) is 5.00. The lowest BCUT2D eigenvalue weighted by Gasteiger charge is -2.49. The van der Waals surface area contributed by atoms with Gasteiger partial charge in [0.1, 0.15) is 5.60 Å². The molecule has 0 bridgehead atoms. The van der Waals surface area contributed by atoms with Crippen molar-refractivity contribution in [2.24, 2.45) is 5.41 Å². The lowest BCUT2D eigenvalue weighted by molar-refractivity contribution is -0.122. The smallest absolute Gasteiger partial charge is 0.410 e. The number of rotatable bonds is 1. The van der Waals surface area contributed by atoms with Gasteiger partial charge in [0.2, 0.25) is 5.91 Å². The van der Waals surface area contributed by atoms with Gasteiger partial charge in [0.15, 0.2) is 0 Å². The van der Waals surface area contributed by atoms with E-state index in [0.29, 0.717) is 19.6 Å². The first-order valence-corrected chi connectivity index (χ1v) is 7.61. The number of carbonyl (C=O) groups is 2. The Morgan fingerprint density at radius 2 is 1.91 bits per heavy atom. The number of ether oxygens (including phenoxy) is 1. The topological polar surface area (TPSA) is 58.6 Å². The summed E-state index contributed by atoms with van der Waals surface area (Å²) in [6.07, 6.45) is -0.302. The van der Waals surface area contributed by atoms with Crippen LogP contribution in [-0.2, 0) is 9.53 Å². The molecule has 0 aromatic heterocycles. The predicted molar refractivity (Wildman–Crippen MR) is 82.4 cm³/mol. The third-order valence-corrected chi connectivity index (χ3v) is 4.29. The van der Waals surface area contributed by atoms with E-state index in [-0.39, 0.29) is 23.3 Å². The van der Waals surface area contributed by atoms with Crippen LogP contribution in [0.15, 0.2) is 30.3 Å². The van der Waals surface area contributed by atoms with Crippen LogP contribution in [0.3, 0.4) is 0 Å². The zero-order valence-corrected chi connectivity index (χ0v) is 13.3. The van der Waals surface area contributed by atoms with E-state index in [1.165, 1.54) is 0 Å². The Morgan fingerprint density at radius 1 is 1.27 bits per heavy atom. The highest BCUT2D eigenvalue weighted by molar-refractivity contribution is 5.88. The maximum absolute atomic E-state index is 12.2. The molecule has 2 aliphatic heterocycles. The van der Waals surface area contributed by atoms with Crippen LogP contribution in [0.4, 0.5) is 4.79 Å².